The van der Waals surface area contributed by atoms with Crippen molar-refractivity contribution in [2.75, 3.05) is 13.7 Å². The van der Waals surface area contributed by atoms with Crippen LogP contribution >= 0.6 is 34.8 Å². The maximum Gasteiger partial charge on any atom is 0.277 e. The first-order valence-electron chi connectivity index (χ1n) is 9.40. The van der Waals surface area contributed by atoms with Crippen LogP contribution in [0.2, 0.25) is 15.1 Å². The summed E-state index contributed by atoms with van der Waals surface area (Å²) in [7, 11) is 1.53. The summed E-state index contributed by atoms with van der Waals surface area (Å²) in [4.78, 5) is 11.9. The maximum absolute atomic E-state index is 11.9. The molecule has 3 aromatic rings. The van der Waals surface area contributed by atoms with E-state index in [-0.39, 0.29) is 13.2 Å². The summed E-state index contributed by atoms with van der Waals surface area (Å²) in [6.07, 6.45) is 1.48. The van der Waals surface area contributed by atoms with E-state index >= 15 is 0 Å². The van der Waals surface area contributed by atoms with Crippen molar-refractivity contribution in [2.24, 2.45) is 5.10 Å². The second-order valence-electron chi connectivity index (χ2n) is 6.43. The average molecular weight is 494 g/mol. The minimum Gasteiger partial charge on any atom is -0.493 e. The van der Waals surface area contributed by atoms with Crippen LogP contribution in [0.15, 0.2) is 65.8 Å². The molecule has 9 heteroatoms. The Kier molecular flexibility index (Phi) is 8.62. The van der Waals surface area contributed by atoms with Crippen LogP contribution in [0, 0.1) is 0 Å². The molecule has 0 saturated carbocycles. The number of hydrogen-bond acceptors (Lipinski definition) is 5. The standard InChI is InChI=1S/C23H19Cl3N2O4/c1-30-22-11-15(5-10-21(22)32-13-18-19(25)3-2-4-20(18)26)12-27-28-23(29)14-31-17-8-6-16(24)7-9-17/h2-12H,13-14H2,1H3,(H,28,29). The molecule has 0 fully saturated rings. The summed E-state index contributed by atoms with van der Waals surface area (Å²) >= 11 is 18.2. The third-order valence-electron chi connectivity index (χ3n) is 4.21. The van der Waals surface area contributed by atoms with E-state index in [2.05, 4.69) is 10.5 Å². The number of nitrogens with one attached hydrogen (secondary N) is 1. The summed E-state index contributed by atoms with van der Waals surface area (Å²) in [6.45, 7) is 0.00561. The molecule has 0 radical (unpaired) electrons. The predicted octanol–water partition coefficient (Wildman–Crippen LogP) is 5.76. The van der Waals surface area contributed by atoms with Gasteiger partial charge in [-0.05, 0) is 60.2 Å². The van der Waals surface area contributed by atoms with E-state index in [1.807, 2.05) is 0 Å². The highest BCUT2D eigenvalue weighted by atomic mass is 35.5. The van der Waals surface area contributed by atoms with Gasteiger partial charge < -0.3 is 14.2 Å². The van der Waals surface area contributed by atoms with Gasteiger partial charge in [-0.3, -0.25) is 4.79 Å². The molecular weight excluding hydrogens is 475 g/mol. The second kappa shape index (κ2) is 11.6. The van der Waals surface area contributed by atoms with Crippen LogP contribution in [0.3, 0.4) is 0 Å². The lowest BCUT2D eigenvalue weighted by atomic mass is 10.2. The Hall–Kier alpha value is -2.93. The van der Waals surface area contributed by atoms with Gasteiger partial charge >= 0.3 is 0 Å². The Bertz CT molecular complexity index is 1080. The number of benzene rings is 3. The molecule has 32 heavy (non-hydrogen) atoms. The molecule has 3 rings (SSSR count). The maximum atomic E-state index is 11.9. The van der Waals surface area contributed by atoms with Gasteiger partial charge in [0.25, 0.3) is 5.91 Å². The molecule has 0 spiro atoms. The fourth-order valence-corrected chi connectivity index (χ4v) is 3.23. The van der Waals surface area contributed by atoms with Gasteiger partial charge in [-0.15, -0.1) is 0 Å². The Labute approximate surface area is 200 Å². The summed E-state index contributed by atoms with van der Waals surface area (Å²) < 4.78 is 16.6. The quantitative estimate of drug-likeness (QED) is 0.304. The lowest BCUT2D eigenvalue weighted by molar-refractivity contribution is -0.123. The zero-order valence-electron chi connectivity index (χ0n) is 17.0. The van der Waals surface area contributed by atoms with Crippen molar-refractivity contribution >= 4 is 46.9 Å². The van der Waals surface area contributed by atoms with Crippen LogP contribution in [0.1, 0.15) is 11.1 Å². The lowest BCUT2D eigenvalue weighted by Gasteiger charge is -2.13. The fourth-order valence-electron chi connectivity index (χ4n) is 2.59. The van der Waals surface area contributed by atoms with Crippen LogP contribution in [0.25, 0.3) is 0 Å². The van der Waals surface area contributed by atoms with Gasteiger partial charge in [-0.1, -0.05) is 40.9 Å². The summed E-state index contributed by atoms with van der Waals surface area (Å²) in [6, 6.07) is 17.2. The molecule has 0 unspecified atom stereocenters. The van der Waals surface area contributed by atoms with Gasteiger partial charge in [-0.25, -0.2) is 5.43 Å². The Balaban J connectivity index is 1.54. The molecule has 3 aromatic carbocycles. The second-order valence-corrected chi connectivity index (χ2v) is 7.69. The van der Waals surface area contributed by atoms with Crippen molar-refractivity contribution in [3.05, 3.63) is 86.9 Å². The summed E-state index contributed by atoms with van der Waals surface area (Å²) in [5.41, 5.74) is 3.79. The molecule has 1 amide bonds. The van der Waals surface area contributed by atoms with Gasteiger partial charge in [0.15, 0.2) is 18.1 Å². The van der Waals surface area contributed by atoms with Crippen LogP contribution in [-0.2, 0) is 11.4 Å². The van der Waals surface area contributed by atoms with E-state index in [9.17, 15) is 4.79 Å². The minimum atomic E-state index is -0.403. The fraction of sp³-hybridized carbons (Fsp3) is 0.130. The van der Waals surface area contributed by atoms with E-state index in [0.717, 1.165) is 0 Å². The minimum absolute atomic E-state index is 0.181. The molecule has 6 nitrogen and oxygen atoms in total. The van der Waals surface area contributed by atoms with E-state index in [1.54, 1.807) is 60.7 Å². The molecule has 0 atom stereocenters. The monoisotopic (exact) mass is 492 g/mol. The van der Waals surface area contributed by atoms with Crippen LogP contribution in [0.5, 0.6) is 17.2 Å². The van der Waals surface area contributed by atoms with E-state index in [4.69, 9.17) is 49.0 Å². The Morgan fingerprint density at radius 2 is 1.69 bits per heavy atom. The van der Waals surface area contributed by atoms with Crippen molar-refractivity contribution < 1.29 is 19.0 Å². The molecular formula is C23H19Cl3N2O4. The molecule has 0 aliphatic rings. The number of rotatable bonds is 9. The number of hydrazone groups is 1. The summed E-state index contributed by atoms with van der Waals surface area (Å²) in [5.74, 6) is 1.14. The highest BCUT2D eigenvalue weighted by molar-refractivity contribution is 6.36. The largest absolute Gasteiger partial charge is 0.493 e. The zero-order chi connectivity index (χ0) is 22.9. The number of halogens is 3. The molecule has 1 N–H and O–H groups in total. The number of amides is 1. The first kappa shape index (κ1) is 23.7. The first-order chi connectivity index (χ1) is 15.5. The third-order valence-corrected chi connectivity index (χ3v) is 5.17. The number of carbonyl (C=O) groups is 1. The zero-order valence-corrected chi connectivity index (χ0v) is 19.2. The van der Waals surface area contributed by atoms with E-state index < -0.39 is 5.91 Å². The molecule has 0 bridgehead atoms. The van der Waals surface area contributed by atoms with Crippen LogP contribution in [-0.4, -0.2) is 25.8 Å². The highest BCUT2D eigenvalue weighted by Crippen LogP contribution is 2.31. The highest BCUT2D eigenvalue weighted by Gasteiger charge is 2.10. The van der Waals surface area contributed by atoms with Crippen molar-refractivity contribution in [3.8, 4) is 17.2 Å². The van der Waals surface area contributed by atoms with Crippen molar-refractivity contribution in [3.63, 3.8) is 0 Å². The molecule has 0 aliphatic heterocycles. The normalized spacial score (nSPS) is 10.8. The molecule has 166 valence electrons. The van der Waals surface area contributed by atoms with Gasteiger partial charge in [-0.2, -0.15) is 5.10 Å². The van der Waals surface area contributed by atoms with Gasteiger partial charge in [0.2, 0.25) is 0 Å². The molecule has 0 aliphatic carbocycles. The number of hydrogen-bond donors (Lipinski definition) is 1. The average Bonchev–Trinajstić information content (AvgIpc) is 2.79. The predicted molar refractivity (Wildman–Crippen MR) is 126 cm³/mol. The SMILES string of the molecule is COc1cc(C=NNC(=O)COc2ccc(Cl)cc2)ccc1OCc1c(Cl)cccc1Cl. The number of nitrogens with zero attached hydrogens (tertiary/aromatic N) is 1. The topological polar surface area (TPSA) is 69.2 Å². The molecule has 0 heterocycles. The Morgan fingerprint density at radius 1 is 0.969 bits per heavy atom. The molecule has 0 saturated heterocycles. The van der Waals surface area contributed by atoms with Crippen LogP contribution < -0.4 is 19.6 Å². The van der Waals surface area contributed by atoms with Crippen molar-refractivity contribution in [2.45, 2.75) is 6.61 Å². The number of methoxy groups -OCH3 is 1. The lowest BCUT2D eigenvalue weighted by Crippen LogP contribution is -2.24. The van der Waals surface area contributed by atoms with Crippen molar-refractivity contribution in [1.82, 2.24) is 5.43 Å². The van der Waals surface area contributed by atoms with Gasteiger partial charge in [0.05, 0.1) is 13.3 Å². The van der Waals surface area contributed by atoms with E-state index in [1.165, 1.54) is 13.3 Å². The van der Waals surface area contributed by atoms with E-state index in [0.29, 0.717) is 43.4 Å². The van der Waals surface area contributed by atoms with Gasteiger partial charge in [0.1, 0.15) is 12.4 Å². The Morgan fingerprint density at radius 3 is 2.38 bits per heavy atom. The van der Waals surface area contributed by atoms with Crippen LogP contribution in [0.4, 0.5) is 0 Å². The van der Waals surface area contributed by atoms with Crippen molar-refractivity contribution in [1.29, 1.82) is 0 Å². The van der Waals surface area contributed by atoms with Gasteiger partial charge in [0, 0.05) is 20.6 Å². The number of ether oxygens (including phenoxy) is 3. The summed E-state index contributed by atoms with van der Waals surface area (Å²) in [5, 5.41) is 5.57. The first-order valence-corrected chi connectivity index (χ1v) is 10.5. The third kappa shape index (κ3) is 6.79. The number of carbonyl (C=O) groups excluding carboxylic acids is 1. The smallest absolute Gasteiger partial charge is 0.277 e. The molecule has 0 aromatic heterocycles.